The molecule has 0 unspecified atom stereocenters. The molecule has 0 aliphatic heterocycles. The minimum atomic E-state index is -0.00220. The molecule has 0 N–H and O–H groups in total. The SMILES string of the molecule is O=c1c2ccc(Br)cc2c2c(Br)c3c(Br)c(Br)c4c(=O)c5ccccc5c5cc6ccc1c2c6c3c45. The van der Waals surface area contributed by atoms with Gasteiger partial charge >= 0.3 is 0 Å². The predicted octanol–water partition coefficient (Wildman–Crippen LogP) is 9.84. The van der Waals surface area contributed by atoms with Gasteiger partial charge in [0.05, 0.1) is 0 Å². The van der Waals surface area contributed by atoms with Crippen molar-refractivity contribution in [1.82, 2.24) is 0 Å². The van der Waals surface area contributed by atoms with Gasteiger partial charge in [0.2, 0.25) is 0 Å². The van der Waals surface area contributed by atoms with Gasteiger partial charge in [-0.3, -0.25) is 9.59 Å². The monoisotopic (exact) mass is 718 g/mol. The molecule has 0 saturated heterocycles. The second-order valence-electron chi connectivity index (χ2n) is 9.22. The van der Waals surface area contributed by atoms with E-state index in [9.17, 15) is 9.59 Å². The summed E-state index contributed by atoms with van der Waals surface area (Å²) in [6, 6.07) is 19.8. The van der Waals surface area contributed by atoms with Crippen molar-refractivity contribution < 1.29 is 0 Å². The number of rotatable bonds is 0. The summed E-state index contributed by atoms with van der Waals surface area (Å²) < 4.78 is 3.37. The molecule has 8 aromatic rings. The summed E-state index contributed by atoms with van der Waals surface area (Å²) >= 11 is 15.2. The van der Waals surface area contributed by atoms with Gasteiger partial charge in [0, 0.05) is 66.4 Å². The summed E-state index contributed by atoms with van der Waals surface area (Å²) in [5, 5.41) is 12.5. The van der Waals surface area contributed by atoms with Gasteiger partial charge in [0.25, 0.3) is 0 Å². The number of benzene rings is 8. The topological polar surface area (TPSA) is 34.1 Å². The second-order valence-corrected chi connectivity index (χ2v) is 12.5. The Bertz CT molecular complexity index is 2400. The van der Waals surface area contributed by atoms with E-state index >= 15 is 0 Å². The van der Waals surface area contributed by atoms with Gasteiger partial charge in [0.15, 0.2) is 10.9 Å². The van der Waals surface area contributed by atoms with Crippen LogP contribution in [0.3, 0.4) is 0 Å². The van der Waals surface area contributed by atoms with Crippen molar-refractivity contribution in [2.75, 3.05) is 0 Å². The van der Waals surface area contributed by atoms with E-state index in [0.717, 1.165) is 71.8 Å². The van der Waals surface area contributed by atoms with Crippen LogP contribution in [0, 0.1) is 0 Å². The van der Waals surface area contributed by atoms with Crippen molar-refractivity contribution in [3.8, 4) is 0 Å². The lowest BCUT2D eigenvalue weighted by Crippen LogP contribution is -2.07. The van der Waals surface area contributed by atoms with E-state index in [0.29, 0.717) is 21.5 Å². The van der Waals surface area contributed by atoms with E-state index in [2.05, 4.69) is 69.8 Å². The maximum atomic E-state index is 13.8. The zero-order valence-corrected chi connectivity index (χ0v) is 24.4. The average molecular weight is 722 g/mol. The van der Waals surface area contributed by atoms with Crippen LogP contribution in [0.4, 0.5) is 0 Å². The highest BCUT2D eigenvalue weighted by Crippen LogP contribution is 2.53. The Morgan fingerprint density at radius 2 is 1.06 bits per heavy atom. The lowest BCUT2D eigenvalue weighted by atomic mass is 9.84. The molecule has 0 saturated carbocycles. The van der Waals surface area contributed by atoms with Gasteiger partial charge < -0.3 is 0 Å². The molecular weight excluding hydrogens is 712 g/mol. The van der Waals surface area contributed by atoms with Gasteiger partial charge in [-0.2, -0.15) is 0 Å². The van der Waals surface area contributed by atoms with E-state index in [-0.39, 0.29) is 10.9 Å². The molecule has 0 atom stereocenters. The molecule has 8 aromatic carbocycles. The maximum Gasteiger partial charge on any atom is 0.195 e. The Kier molecular flexibility index (Phi) is 4.30. The van der Waals surface area contributed by atoms with Gasteiger partial charge in [-0.15, -0.1) is 0 Å². The summed E-state index contributed by atoms with van der Waals surface area (Å²) in [4.78, 5) is 27.5. The van der Waals surface area contributed by atoms with Crippen LogP contribution in [0.2, 0.25) is 0 Å². The third kappa shape index (κ3) is 2.42. The predicted molar refractivity (Wildman–Crippen MR) is 166 cm³/mol. The van der Waals surface area contributed by atoms with Crippen molar-refractivity contribution in [3.05, 3.63) is 99.0 Å². The lowest BCUT2D eigenvalue weighted by molar-refractivity contribution is 1.67. The summed E-state index contributed by atoms with van der Waals surface area (Å²) in [6.45, 7) is 0. The van der Waals surface area contributed by atoms with Crippen molar-refractivity contribution in [2.24, 2.45) is 0 Å². The molecule has 8 rings (SSSR count). The third-order valence-electron chi connectivity index (χ3n) is 7.56. The molecule has 0 spiro atoms. The Hall–Kier alpha value is -2.38. The van der Waals surface area contributed by atoms with Crippen LogP contribution in [0.1, 0.15) is 0 Å². The van der Waals surface area contributed by atoms with Gasteiger partial charge in [-0.25, -0.2) is 0 Å². The average Bonchev–Trinajstić information content (AvgIpc) is 2.88. The second kappa shape index (κ2) is 7.13. The maximum absolute atomic E-state index is 13.8. The lowest BCUT2D eigenvalue weighted by Gasteiger charge is -2.22. The van der Waals surface area contributed by atoms with Crippen molar-refractivity contribution in [2.45, 2.75) is 0 Å². The fourth-order valence-electron chi connectivity index (χ4n) is 6.13. The van der Waals surface area contributed by atoms with Crippen LogP contribution >= 0.6 is 63.7 Å². The molecule has 0 amide bonds. The fraction of sp³-hybridized carbons (Fsp3) is 0. The quantitative estimate of drug-likeness (QED) is 0.115. The van der Waals surface area contributed by atoms with Crippen LogP contribution in [0.15, 0.2) is 88.1 Å². The molecular formula is C30H10Br4O2. The zero-order valence-electron chi connectivity index (χ0n) is 18.1. The normalized spacial score (nSPS) is 12.7. The highest BCUT2D eigenvalue weighted by atomic mass is 79.9. The van der Waals surface area contributed by atoms with E-state index < -0.39 is 0 Å². The minimum Gasteiger partial charge on any atom is -0.289 e. The minimum absolute atomic E-state index is 0.00220. The van der Waals surface area contributed by atoms with Crippen LogP contribution in [0.25, 0.3) is 75.4 Å². The molecule has 170 valence electrons. The third-order valence-corrected chi connectivity index (χ3v) is 11.0. The molecule has 2 nitrogen and oxygen atoms in total. The molecule has 0 heterocycles. The summed E-state index contributed by atoms with van der Waals surface area (Å²) in [6.07, 6.45) is 0. The van der Waals surface area contributed by atoms with E-state index in [4.69, 9.17) is 0 Å². The highest BCUT2D eigenvalue weighted by Gasteiger charge is 2.27. The van der Waals surface area contributed by atoms with E-state index in [1.54, 1.807) is 0 Å². The van der Waals surface area contributed by atoms with Crippen molar-refractivity contribution in [1.29, 1.82) is 0 Å². The smallest absolute Gasteiger partial charge is 0.195 e. The Balaban J connectivity index is 1.86. The first-order valence-corrected chi connectivity index (χ1v) is 14.4. The largest absolute Gasteiger partial charge is 0.289 e. The summed E-state index contributed by atoms with van der Waals surface area (Å²) in [7, 11) is 0. The molecule has 0 fully saturated rings. The number of hydrogen-bond acceptors (Lipinski definition) is 2. The molecule has 36 heavy (non-hydrogen) atoms. The van der Waals surface area contributed by atoms with Gasteiger partial charge in [0.1, 0.15) is 0 Å². The summed E-state index contributed by atoms with van der Waals surface area (Å²) in [5.41, 5.74) is 0.0154. The van der Waals surface area contributed by atoms with Crippen LogP contribution in [-0.4, -0.2) is 0 Å². The Morgan fingerprint density at radius 3 is 1.86 bits per heavy atom. The molecule has 0 aliphatic carbocycles. The van der Waals surface area contributed by atoms with E-state index in [1.807, 2.05) is 54.6 Å². The van der Waals surface area contributed by atoms with Crippen LogP contribution in [-0.2, 0) is 0 Å². The standard InChI is InChI=1S/C30H10Br4O2/c31-12-6-8-15-18(10-12)22-20-16(29(15)35)7-5-11-9-17-13-3-1-2-4-14(13)30(36)25-21(17)23(19(11)20)24(26(22)32)27(33)28(25)34/h1-10H. The molecule has 0 radical (unpaired) electrons. The van der Waals surface area contributed by atoms with Gasteiger partial charge in [-0.05, 0) is 105 Å². The number of fused-ring (bicyclic) bond motifs is 4. The first-order valence-electron chi connectivity index (χ1n) is 11.2. The van der Waals surface area contributed by atoms with Gasteiger partial charge in [-0.1, -0.05) is 46.3 Å². The fourth-order valence-corrected chi connectivity index (χ4v) is 8.74. The van der Waals surface area contributed by atoms with Crippen LogP contribution in [0.5, 0.6) is 0 Å². The number of halogens is 4. The highest BCUT2D eigenvalue weighted by molar-refractivity contribution is 9.13. The first-order chi connectivity index (χ1) is 17.4. The van der Waals surface area contributed by atoms with Crippen molar-refractivity contribution in [3.63, 3.8) is 0 Å². The zero-order chi connectivity index (χ0) is 24.6. The van der Waals surface area contributed by atoms with Crippen LogP contribution < -0.4 is 10.9 Å². The Labute approximate surface area is 236 Å². The molecule has 0 aliphatic rings. The first kappa shape index (κ1) is 21.7. The molecule has 0 bridgehead atoms. The summed E-state index contributed by atoms with van der Waals surface area (Å²) in [5.74, 6) is 0. The Morgan fingerprint density at radius 1 is 0.417 bits per heavy atom. The van der Waals surface area contributed by atoms with E-state index in [1.165, 1.54) is 0 Å². The number of hydrogen-bond donors (Lipinski definition) is 0. The van der Waals surface area contributed by atoms with Crippen molar-refractivity contribution >= 4 is 139 Å². The molecule has 0 aromatic heterocycles. The molecule has 6 heteroatoms.